The van der Waals surface area contributed by atoms with Gasteiger partial charge in [-0.15, -0.1) is 0 Å². The summed E-state index contributed by atoms with van der Waals surface area (Å²) in [5.41, 5.74) is 0.780. The third-order valence-corrected chi connectivity index (χ3v) is 6.91. The Hall–Kier alpha value is -3.08. The van der Waals surface area contributed by atoms with Crippen molar-refractivity contribution >= 4 is 27.5 Å². The summed E-state index contributed by atoms with van der Waals surface area (Å²) in [6.07, 6.45) is -3.39. The zero-order valence-electron chi connectivity index (χ0n) is 20.8. The number of hydrogen-bond acceptors (Lipinski definition) is 4. The molecule has 7 nitrogen and oxygen atoms in total. The van der Waals surface area contributed by atoms with Gasteiger partial charge in [0.2, 0.25) is 21.8 Å². The van der Waals surface area contributed by atoms with E-state index >= 15 is 0 Å². The minimum Gasteiger partial charge on any atom is -0.357 e. The highest BCUT2D eigenvalue weighted by atomic mass is 32.2. The summed E-state index contributed by atoms with van der Waals surface area (Å²) in [4.78, 5) is 27.1. The van der Waals surface area contributed by atoms with Crippen molar-refractivity contribution in [1.29, 1.82) is 0 Å². The lowest BCUT2D eigenvalue weighted by molar-refractivity contribution is -0.141. The Morgan fingerprint density at radius 2 is 1.72 bits per heavy atom. The second-order valence-corrected chi connectivity index (χ2v) is 10.4. The van der Waals surface area contributed by atoms with E-state index in [2.05, 4.69) is 5.32 Å². The summed E-state index contributed by atoms with van der Waals surface area (Å²) in [5, 5.41) is 2.57. The van der Waals surface area contributed by atoms with Crippen molar-refractivity contribution in [2.75, 3.05) is 24.2 Å². The van der Waals surface area contributed by atoms with Gasteiger partial charge in [0, 0.05) is 26.6 Å². The van der Waals surface area contributed by atoms with Gasteiger partial charge in [0.15, 0.2) is 0 Å². The van der Waals surface area contributed by atoms with E-state index in [1.165, 1.54) is 18.0 Å². The number of halogens is 3. The molecule has 36 heavy (non-hydrogen) atoms. The molecular weight excluding hydrogens is 495 g/mol. The summed E-state index contributed by atoms with van der Waals surface area (Å²) in [6, 6.07) is 10.9. The fraction of sp³-hybridized carbons (Fsp3) is 0.440. The Kier molecular flexibility index (Phi) is 9.92. The summed E-state index contributed by atoms with van der Waals surface area (Å²) >= 11 is 0. The molecule has 198 valence electrons. The Bertz CT molecular complexity index is 1150. The van der Waals surface area contributed by atoms with Crippen LogP contribution < -0.4 is 9.62 Å². The van der Waals surface area contributed by atoms with E-state index in [-0.39, 0.29) is 43.4 Å². The number of amides is 2. The van der Waals surface area contributed by atoms with Crippen LogP contribution in [-0.4, -0.2) is 51.0 Å². The van der Waals surface area contributed by atoms with Gasteiger partial charge in [0.25, 0.3) is 0 Å². The standard InChI is InChI=1S/C25H32F3N3O4S/c1-5-22(24(33)29-3)30(17-19-13-11-18(2)12-14-19)23(32)10-7-15-31(36(4,34)35)21-9-6-8-20(16-21)25(26,27)28/h6,8-9,11-14,16,22H,5,7,10,15,17H2,1-4H3,(H,29,33)/t22-/m1/s1. The molecule has 0 spiro atoms. The van der Waals surface area contributed by atoms with Crippen molar-refractivity contribution in [2.24, 2.45) is 0 Å². The van der Waals surface area contributed by atoms with Gasteiger partial charge >= 0.3 is 6.18 Å². The van der Waals surface area contributed by atoms with Crippen LogP contribution >= 0.6 is 0 Å². The van der Waals surface area contributed by atoms with Crippen molar-refractivity contribution in [3.8, 4) is 0 Å². The molecule has 0 saturated carbocycles. The summed E-state index contributed by atoms with van der Waals surface area (Å²) in [6.45, 7) is 3.72. The SMILES string of the molecule is CC[C@H](C(=O)NC)N(Cc1ccc(C)cc1)C(=O)CCCN(c1cccc(C(F)(F)F)c1)S(C)(=O)=O. The molecule has 0 unspecified atom stereocenters. The summed E-state index contributed by atoms with van der Waals surface area (Å²) in [7, 11) is -2.43. The van der Waals surface area contributed by atoms with E-state index in [1.54, 1.807) is 6.92 Å². The molecule has 0 saturated heterocycles. The molecule has 0 aliphatic rings. The number of alkyl halides is 3. The van der Waals surface area contributed by atoms with E-state index in [4.69, 9.17) is 0 Å². The second kappa shape index (κ2) is 12.2. The molecule has 0 aliphatic carbocycles. The number of rotatable bonds is 11. The predicted octanol–water partition coefficient (Wildman–Crippen LogP) is 4.11. The second-order valence-electron chi connectivity index (χ2n) is 8.53. The first-order valence-corrected chi connectivity index (χ1v) is 13.3. The Morgan fingerprint density at radius 3 is 2.25 bits per heavy atom. The fourth-order valence-corrected chi connectivity index (χ4v) is 4.77. The van der Waals surface area contributed by atoms with Crippen molar-refractivity contribution < 1.29 is 31.2 Å². The lowest BCUT2D eigenvalue weighted by Crippen LogP contribution is -2.48. The zero-order chi connectivity index (χ0) is 27.1. The molecular formula is C25H32F3N3O4S. The first kappa shape index (κ1) is 29.2. The number of sulfonamides is 1. The number of hydrogen-bond donors (Lipinski definition) is 1. The fourth-order valence-electron chi connectivity index (χ4n) is 3.82. The quantitative estimate of drug-likeness (QED) is 0.477. The lowest BCUT2D eigenvalue weighted by atomic mass is 10.1. The van der Waals surface area contributed by atoms with Crippen LogP contribution in [0.4, 0.5) is 18.9 Å². The molecule has 0 heterocycles. The van der Waals surface area contributed by atoms with Gasteiger partial charge in [-0.1, -0.05) is 42.8 Å². The lowest BCUT2D eigenvalue weighted by Gasteiger charge is -2.31. The largest absolute Gasteiger partial charge is 0.416 e. The number of nitrogens with zero attached hydrogens (tertiary/aromatic N) is 2. The maximum Gasteiger partial charge on any atom is 0.416 e. The number of aryl methyl sites for hydroxylation is 1. The van der Waals surface area contributed by atoms with E-state index in [0.29, 0.717) is 6.42 Å². The Labute approximate surface area is 210 Å². The summed E-state index contributed by atoms with van der Waals surface area (Å²) in [5.74, 6) is -0.678. The van der Waals surface area contributed by atoms with Crippen LogP contribution in [0.5, 0.6) is 0 Å². The maximum atomic E-state index is 13.2. The van der Waals surface area contributed by atoms with Gasteiger partial charge < -0.3 is 10.2 Å². The van der Waals surface area contributed by atoms with Gasteiger partial charge in [-0.05, 0) is 43.5 Å². The van der Waals surface area contributed by atoms with Gasteiger partial charge in [-0.2, -0.15) is 13.2 Å². The maximum absolute atomic E-state index is 13.2. The van der Waals surface area contributed by atoms with Crippen LogP contribution in [0.15, 0.2) is 48.5 Å². The van der Waals surface area contributed by atoms with Crippen LogP contribution in [-0.2, 0) is 32.3 Å². The van der Waals surface area contributed by atoms with Gasteiger partial charge in [0.1, 0.15) is 6.04 Å². The molecule has 2 rings (SSSR count). The Balaban J connectivity index is 2.22. The molecule has 2 amide bonds. The Morgan fingerprint density at radius 1 is 1.08 bits per heavy atom. The minimum absolute atomic E-state index is 0.0523. The van der Waals surface area contributed by atoms with Crippen LogP contribution in [0, 0.1) is 6.92 Å². The van der Waals surface area contributed by atoms with E-state index in [1.807, 2.05) is 31.2 Å². The molecule has 0 aliphatic heterocycles. The molecule has 0 bridgehead atoms. The molecule has 0 fully saturated rings. The number of benzene rings is 2. The first-order valence-electron chi connectivity index (χ1n) is 11.5. The average molecular weight is 528 g/mol. The van der Waals surface area contributed by atoms with Crippen LogP contribution in [0.1, 0.15) is 42.9 Å². The predicted molar refractivity (Wildman–Crippen MR) is 133 cm³/mol. The van der Waals surface area contributed by atoms with E-state index in [0.717, 1.165) is 39.9 Å². The minimum atomic E-state index is -4.62. The topological polar surface area (TPSA) is 86.8 Å². The van der Waals surface area contributed by atoms with E-state index in [9.17, 15) is 31.2 Å². The number of nitrogens with one attached hydrogen (secondary N) is 1. The molecule has 11 heteroatoms. The molecule has 1 N–H and O–H groups in total. The molecule has 2 aromatic carbocycles. The molecule has 0 aromatic heterocycles. The van der Waals surface area contributed by atoms with Gasteiger partial charge in [0.05, 0.1) is 17.5 Å². The highest BCUT2D eigenvalue weighted by Crippen LogP contribution is 2.32. The van der Waals surface area contributed by atoms with Crippen LogP contribution in [0.25, 0.3) is 0 Å². The molecule has 2 aromatic rings. The normalized spacial score (nSPS) is 12.6. The molecule has 1 atom stereocenters. The zero-order valence-corrected chi connectivity index (χ0v) is 21.6. The smallest absolute Gasteiger partial charge is 0.357 e. The van der Waals surface area contributed by atoms with Crippen LogP contribution in [0.3, 0.4) is 0 Å². The number of likely N-dealkylation sites (N-methyl/N-ethyl adjacent to an activating group) is 1. The number of carbonyl (C=O) groups excluding carboxylic acids is 2. The van der Waals surface area contributed by atoms with Gasteiger partial charge in [-0.3, -0.25) is 13.9 Å². The highest BCUT2D eigenvalue weighted by molar-refractivity contribution is 7.92. The summed E-state index contributed by atoms with van der Waals surface area (Å²) < 4.78 is 64.9. The number of anilines is 1. The first-order chi connectivity index (χ1) is 16.8. The van der Waals surface area contributed by atoms with Crippen molar-refractivity contribution in [2.45, 2.75) is 51.9 Å². The highest BCUT2D eigenvalue weighted by Gasteiger charge is 2.32. The van der Waals surface area contributed by atoms with Crippen LogP contribution in [0.2, 0.25) is 0 Å². The van der Waals surface area contributed by atoms with Gasteiger partial charge in [-0.25, -0.2) is 8.42 Å². The average Bonchev–Trinajstić information content (AvgIpc) is 2.81. The van der Waals surface area contributed by atoms with Crippen molar-refractivity contribution in [3.05, 3.63) is 65.2 Å². The van der Waals surface area contributed by atoms with Crippen molar-refractivity contribution in [3.63, 3.8) is 0 Å². The number of carbonyl (C=O) groups is 2. The van der Waals surface area contributed by atoms with E-state index < -0.39 is 27.8 Å². The monoisotopic (exact) mass is 527 g/mol. The third-order valence-electron chi connectivity index (χ3n) is 5.72. The van der Waals surface area contributed by atoms with Crippen molar-refractivity contribution in [1.82, 2.24) is 10.2 Å². The molecule has 0 radical (unpaired) electrons. The third kappa shape index (κ3) is 7.97.